The minimum absolute atomic E-state index is 0.0154. The van der Waals surface area contributed by atoms with E-state index in [2.05, 4.69) is 10.3 Å². The Bertz CT molecular complexity index is 1080. The average Bonchev–Trinajstić information content (AvgIpc) is 3.03. The second-order valence-electron chi connectivity index (χ2n) is 7.23. The van der Waals surface area contributed by atoms with Gasteiger partial charge in [0.2, 0.25) is 5.91 Å². The van der Waals surface area contributed by atoms with Crippen LogP contribution in [0.1, 0.15) is 40.8 Å². The molecule has 2 aromatic heterocycles. The average molecular weight is 382 g/mol. The summed E-state index contributed by atoms with van der Waals surface area (Å²) >= 11 is 1.65. The molecule has 5 nitrogen and oxygen atoms in total. The normalized spacial score (nSPS) is 13.6. The van der Waals surface area contributed by atoms with Crippen LogP contribution >= 0.6 is 11.3 Å². The van der Waals surface area contributed by atoms with Gasteiger partial charge in [0.1, 0.15) is 4.83 Å². The molecule has 3 aromatic rings. The van der Waals surface area contributed by atoms with Crippen molar-refractivity contribution in [3.8, 4) is 0 Å². The monoisotopic (exact) mass is 381 g/mol. The van der Waals surface area contributed by atoms with Crippen LogP contribution < -0.4 is 10.9 Å². The summed E-state index contributed by atoms with van der Waals surface area (Å²) in [5.74, 6) is -0.0994. The highest BCUT2D eigenvalue weighted by atomic mass is 32.1. The number of benzene rings is 1. The van der Waals surface area contributed by atoms with Gasteiger partial charge in [-0.05, 0) is 68.4 Å². The SMILES string of the molecule is Cc1ccc(NC(=O)CCn2cnc3sc4c(c3c2=O)CCCC4)cc1C. The van der Waals surface area contributed by atoms with Gasteiger partial charge in [0.15, 0.2) is 0 Å². The molecule has 0 spiro atoms. The molecular formula is C21H23N3O2S. The third kappa shape index (κ3) is 3.54. The van der Waals surface area contributed by atoms with E-state index in [1.54, 1.807) is 22.2 Å². The molecule has 2 heterocycles. The molecule has 0 radical (unpaired) electrons. The van der Waals surface area contributed by atoms with Gasteiger partial charge in [-0.1, -0.05) is 6.07 Å². The summed E-state index contributed by atoms with van der Waals surface area (Å²) in [5.41, 5.74) is 4.29. The van der Waals surface area contributed by atoms with E-state index >= 15 is 0 Å². The first-order valence-electron chi connectivity index (χ1n) is 9.40. The Morgan fingerprint density at radius 2 is 2.04 bits per heavy atom. The van der Waals surface area contributed by atoms with Crippen molar-refractivity contribution in [1.82, 2.24) is 9.55 Å². The summed E-state index contributed by atoms with van der Waals surface area (Å²) < 4.78 is 1.57. The Balaban J connectivity index is 1.50. The van der Waals surface area contributed by atoms with Crippen LogP contribution in [0.3, 0.4) is 0 Å². The Morgan fingerprint density at radius 3 is 2.85 bits per heavy atom. The number of nitrogens with zero attached hydrogens (tertiary/aromatic N) is 2. The highest BCUT2D eigenvalue weighted by Gasteiger charge is 2.20. The Kier molecular flexibility index (Phi) is 4.83. The van der Waals surface area contributed by atoms with Gasteiger partial charge in [-0.3, -0.25) is 14.2 Å². The number of nitrogens with one attached hydrogen (secondary N) is 1. The lowest BCUT2D eigenvalue weighted by Crippen LogP contribution is -2.24. The predicted octanol–water partition coefficient (Wildman–Crippen LogP) is 3.98. The molecule has 140 valence electrons. The molecular weight excluding hydrogens is 358 g/mol. The molecule has 0 aliphatic heterocycles. The second-order valence-corrected chi connectivity index (χ2v) is 8.32. The number of carbonyl (C=O) groups is 1. The van der Waals surface area contributed by atoms with Crippen LogP contribution in [-0.2, 0) is 24.2 Å². The first-order valence-corrected chi connectivity index (χ1v) is 10.2. The van der Waals surface area contributed by atoms with E-state index in [4.69, 9.17) is 0 Å². The molecule has 0 unspecified atom stereocenters. The highest BCUT2D eigenvalue weighted by molar-refractivity contribution is 7.18. The highest BCUT2D eigenvalue weighted by Crippen LogP contribution is 2.33. The molecule has 1 aromatic carbocycles. The third-order valence-corrected chi connectivity index (χ3v) is 6.51. The van der Waals surface area contributed by atoms with Gasteiger partial charge in [0.25, 0.3) is 5.56 Å². The molecule has 27 heavy (non-hydrogen) atoms. The molecule has 0 atom stereocenters. The van der Waals surface area contributed by atoms with Crippen molar-refractivity contribution in [3.05, 3.63) is 56.4 Å². The Labute approximate surface area is 162 Å². The fourth-order valence-corrected chi connectivity index (χ4v) is 4.82. The van der Waals surface area contributed by atoms with E-state index < -0.39 is 0 Å². The van der Waals surface area contributed by atoms with Gasteiger partial charge >= 0.3 is 0 Å². The van der Waals surface area contributed by atoms with Crippen molar-refractivity contribution < 1.29 is 4.79 Å². The van der Waals surface area contributed by atoms with E-state index in [-0.39, 0.29) is 17.9 Å². The first-order chi connectivity index (χ1) is 13.0. The minimum Gasteiger partial charge on any atom is -0.326 e. The molecule has 0 saturated heterocycles. The largest absolute Gasteiger partial charge is 0.326 e. The smallest absolute Gasteiger partial charge is 0.262 e. The van der Waals surface area contributed by atoms with Crippen molar-refractivity contribution in [2.75, 3.05) is 5.32 Å². The number of anilines is 1. The maximum absolute atomic E-state index is 12.9. The van der Waals surface area contributed by atoms with Crippen LogP contribution in [0.25, 0.3) is 10.2 Å². The second kappa shape index (κ2) is 7.27. The van der Waals surface area contributed by atoms with E-state index in [1.807, 2.05) is 32.0 Å². The fourth-order valence-electron chi connectivity index (χ4n) is 3.61. The number of aryl methyl sites for hydroxylation is 5. The van der Waals surface area contributed by atoms with Crippen LogP contribution in [0.2, 0.25) is 0 Å². The summed E-state index contributed by atoms with van der Waals surface area (Å²) in [6, 6.07) is 5.86. The van der Waals surface area contributed by atoms with Gasteiger partial charge < -0.3 is 5.32 Å². The summed E-state index contributed by atoms with van der Waals surface area (Å²) in [4.78, 5) is 31.8. The van der Waals surface area contributed by atoms with Gasteiger partial charge in [-0.15, -0.1) is 11.3 Å². The van der Waals surface area contributed by atoms with Crippen LogP contribution in [0.4, 0.5) is 5.69 Å². The molecule has 0 fully saturated rings. The summed E-state index contributed by atoms with van der Waals surface area (Å²) in [6.45, 7) is 4.40. The Morgan fingerprint density at radius 1 is 1.22 bits per heavy atom. The van der Waals surface area contributed by atoms with Gasteiger partial charge in [0.05, 0.1) is 11.7 Å². The van der Waals surface area contributed by atoms with Crippen molar-refractivity contribution in [1.29, 1.82) is 0 Å². The number of fused-ring (bicyclic) bond motifs is 3. The van der Waals surface area contributed by atoms with Crippen molar-refractivity contribution >= 4 is 33.1 Å². The van der Waals surface area contributed by atoms with E-state index in [0.717, 1.165) is 40.7 Å². The zero-order valence-electron chi connectivity index (χ0n) is 15.7. The number of hydrogen-bond acceptors (Lipinski definition) is 4. The van der Waals surface area contributed by atoms with Crippen molar-refractivity contribution in [2.45, 2.75) is 52.5 Å². The van der Waals surface area contributed by atoms with Crippen LogP contribution in [0.15, 0.2) is 29.3 Å². The fraction of sp³-hybridized carbons (Fsp3) is 0.381. The maximum Gasteiger partial charge on any atom is 0.262 e. The molecule has 6 heteroatoms. The van der Waals surface area contributed by atoms with Gasteiger partial charge in [0, 0.05) is 23.5 Å². The molecule has 4 rings (SSSR count). The number of amides is 1. The topological polar surface area (TPSA) is 64.0 Å². The maximum atomic E-state index is 12.9. The lowest BCUT2D eigenvalue weighted by atomic mass is 9.97. The van der Waals surface area contributed by atoms with Crippen LogP contribution in [-0.4, -0.2) is 15.5 Å². The summed E-state index contributed by atoms with van der Waals surface area (Å²) in [5, 5.41) is 3.68. The van der Waals surface area contributed by atoms with Crippen LogP contribution in [0, 0.1) is 13.8 Å². The molecule has 0 saturated carbocycles. The number of aromatic nitrogens is 2. The lowest BCUT2D eigenvalue weighted by molar-refractivity contribution is -0.116. The van der Waals surface area contributed by atoms with E-state index in [1.165, 1.54) is 22.4 Å². The molecule has 1 aliphatic carbocycles. The first kappa shape index (κ1) is 17.9. The number of carbonyl (C=O) groups excluding carboxylic acids is 1. The predicted molar refractivity (Wildman–Crippen MR) is 110 cm³/mol. The summed E-state index contributed by atoms with van der Waals surface area (Å²) in [7, 11) is 0. The number of thiophene rings is 1. The van der Waals surface area contributed by atoms with E-state index in [9.17, 15) is 9.59 Å². The van der Waals surface area contributed by atoms with Crippen molar-refractivity contribution in [2.24, 2.45) is 0 Å². The van der Waals surface area contributed by atoms with Gasteiger partial charge in [-0.2, -0.15) is 0 Å². The quantitative estimate of drug-likeness (QED) is 0.743. The molecule has 1 amide bonds. The van der Waals surface area contributed by atoms with E-state index in [0.29, 0.717) is 6.54 Å². The molecule has 1 aliphatic rings. The molecule has 1 N–H and O–H groups in total. The molecule has 0 bridgehead atoms. The standard InChI is InChI=1S/C21H23N3O2S/c1-13-7-8-15(11-14(13)2)23-18(25)9-10-24-12-22-20-19(21(24)26)16-5-3-4-6-17(16)27-20/h7-8,11-12H,3-6,9-10H2,1-2H3,(H,23,25). The van der Waals surface area contributed by atoms with Crippen molar-refractivity contribution in [3.63, 3.8) is 0 Å². The Hall–Kier alpha value is -2.47. The van der Waals surface area contributed by atoms with Gasteiger partial charge in [-0.25, -0.2) is 4.98 Å². The summed E-state index contributed by atoms with van der Waals surface area (Å²) in [6.07, 6.45) is 6.15. The zero-order chi connectivity index (χ0) is 19.0. The zero-order valence-corrected chi connectivity index (χ0v) is 16.5. The number of hydrogen-bond donors (Lipinski definition) is 1. The number of rotatable bonds is 4. The minimum atomic E-state index is -0.0994. The lowest BCUT2D eigenvalue weighted by Gasteiger charge is -2.11. The third-order valence-electron chi connectivity index (χ3n) is 5.31. The van der Waals surface area contributed by atoms with Crippen LogP contribution in [0.5, 0.6) is 0 Å².